The number of ether oxygens (including phenoxy) is 1. The molecule has 0 fully saturated rings. The fourth-order valence-corrected chi connectivity index (χ4v) is 2.59. The van der Waals surface area contributed by atoms with E-state index in [1.807, 2.05) is 11.9 Å². The highest BCUT2D eigenvalue weighted by molar-refractivity contribution is 6.33. The summed E-state index contributed by atoms with van der Waals surface area (Å²) in [6.07, 6.45) is -3.93. The van der Waals surface area contributed by atoms with Crippen LogP contribution in [-0.2, 0) is 0 Å². The maximum absolute atomic E-state index is 12.7. The van der Waals surface area contributed by atoms with E-state index in [0.717, 1.165) is 12.6 Å². The number of halogens is 4. The van der Waals surface area contributed by atoms with Gasteiger partial charge < -0.3 is 9.64 Å². The molecule has 1 aromatic rings. The minimum Gasteiger partial charge on any atom is -0.476 e. The topological polar surface area (TPSA) is 12.5 Å². The molecule has 116 valence electrons. The van der Waals surface area contributed by atoms with Crippen molar-refractivity contribution in [2.75, 3.05) is 18.5 Å². The van der Waals surface area contributed by atoms with E-state index >= 15 is 0 Å². The van der Waals surface area contributed by atoms with E-state index in [-0.39, 0.29) is 5.75 Å². The van der Waals surface area contributed by atoms with Crippen molar-refractivity contribution in [1.82, 2.24) is 0 Å². The second-order valence-corrected chi connectivity index (χ2v) is 5.96. The molecule has 0 aliphatic carbocycles. The van der Waals surface area contributed by atoms with Crippen molar-refractivity contribution in [2.24, 2.45) is 5.92 Å². The Morgan fingerprint density at radius 2 is 2.00 bits per heavy atom. The van der Waals surface area contributed by atoms with Gasteiger partial charge in [0.1, 0.15) is 5.75 Å². The van der Waals surface area contributed by atoms with Gasteiger partial charge in [0, 0.05) is 25.2 Å². The van der Waals surface area contributed by atoms with Crippen LogP contribution in [0.5, 0.6) is 5.75 Å². The molecule has 0 aromatic heterocycles. The summed E-state index contributed by atoms with van der Waals surface area (Å²) < 4.78 is 43.2. The lowest BCUT2D eigenvalue weighted by atomic mass is 10.1. The van der Waals surface area contributed by atoms with E-state index in [4.69, 9.17) is 16.3 Å². The maximum Gasteiger partial charge on any atom is 0.429 e. The minimum atomic E-state index is -4.42. The number of alkyl halides is 3. The van der Waals surface area contributed by atoms with Crippen LogP contribution >= 0.6 is 11.6 Å². The molecule has 1 aliphatic heterocycles. The van der Waals surface area contributed by atoms with Crippen molar-refractivity contribution >= 4 is 23.4 Å². The Balaban J connectivity index is 2.32. The summed E-state index contributed by atoms with van der Waals surface area (Å²) >= 11 is 6.21. The lowest BCUT2D eigenvalue weighted by Crippen LogP contribution is -2.34. The van der Waals surface area contributed by atoms with Crippen LogP contribution in [0.25, 0.3) is 6.08 Å². The molecule has 1 heterocycles. The molecule has 6 heteroatoms. The van der Waals surface area contributed by atoms with Crippen LogP contribution in [0.2, 0.25) is 5.02 Å². The van der Waals surface area contributed by atoms with Gasteiger partial charge in [-0.15, -0.1) is 0 Å². The normalized spacial score (nSPS) is 17.6. The van der Waals surface area contributed by atoms with E-state index in [9.17, 15) is 13.2 Å². The van der Waals surface area contributed by atoms with Gasteiger partial charge in [-0.05, 0) is 18.1 Å². The molecule has 2 nitrogen and oxygen atoms in total. The Labute approximate surface area is 127 Å². The lowest BCUT2D eigenvalue weighted by molar-refractivity contribution is -0.180. The molecule has 21 heavy (non-hydrogen) atoms. The Morgan fingerprint density at radius 3 is 2.57 bits per heavy atom. The van der Waals surface area contributed by atoms with Gasteiger partial charge in [-0.1, -0.05) is 31.5 Å². The first-order chi connectivity index (χ1) is 9.68. The number of hydrogen-bond donors (Lipinski definition) is 0. The monoisotopic (exact) mass is 319 g/mol. The number of rotatable bonds is 3. The van der Waals surface area contributed by atoms with Gasteiger partial charge in [0.05, 0.1) is 10.7 Å². The van der Waals surface area contributed by atoms with Crippen LogP contribution in [0.15, 0.2) is 18.2 Å². The summed E-state index contributed by atoms with van der Waals surface area (Å²) in [6.45, 7) is 4.86. The van der Waals surface area contributed by atoms with Crippen LogP contribution in [0.4, 0.5) is 18.9 Å². The second-order valence-electron chi connectivity index (χ2n) is 5.55. The van der Waals surface area contributed by atoms with E-state index in [2.05, 4.69) is 13.8 Å². The van der Waals surface area contributed by atoms with Gasteiger partial charge in [-0.2, -0.15) is 13.2 Å². The van der Waals surface area contributed by atoms with E-state index in [1.165, 1.54) is 6.08 Å². The molecular formula is C15H17ClF3NO. The summed E-state index contributed by atoms with van der Waals surface area (Å²) in [6, 6.07) is 3.20. The standard InChI is InChI=1S/C15H17ClF3NO/c1-9(2)8-20(3)12-7-13-10(6-11(12)16)4-5-14(21-13)15(17,18)19/h4-7,9,14H,8H2,1-3H3/t14-/m1/s1. The van der Waals surface area contributed by atoms with Gasteiger partial charge in [0.2, 0.25) is 6.10 Å². The number of anilines is 1. The summed E-state index contributed by atoms with van der Waals surface area (Å²) in [4.78, 5) is 1.91. The summed E-state index contributed by atoms with van der Waals surface area (Å²) in [5.74, 6) is 0.612. The van der Waals surface area contributed by atoms with Crippen molar-refractivity contribution in [1.29, 1.82) is 0 Å². The fraction of sp³-hybridized carbons (Fsp3) is 0.467. The molecule has 0 spiro atoms. The van der Waals surface area contributed by atoms with E-state index in [0.29, 0.717) is 22.2 Å². The number of benzene rings is 1. The predicted octanol–water partition coefficient (Wildman–Crippen LogP) is 4.77. The van der Waals surface area contributed by atoms with Crippen LogP contribution < -0.4 is 9.64 Å². The molecule has 0 amide bonds. The first kappa shape index (κ1) is 16.0. The molecule has 1 aliphatic rings. The Hall–Kier alpha value is -1.36. The molecule has 1 atom stereocenters. The zero-order valence-electron chi connectivity index (χ0n) is 12.0. The SMILES string of the molecule is CC(C)CN(C)c1cc2c(cc1Cl)C=C[C@H](C(F)(F)F)O2. The third-order valence-corrected chi connectivity index (χ3v) is 3.46. The lowest BCUT2D eigenvalue weighted by Gasteiger charge is -2.27. The molecule has 0 saturated carbocycles. The van der Waals surface area contributed by atoms with Crippen LogP contribution in [0.3, 0.4) is 0 Å². The van der Waals surface area contributed by atoms with Crippen LogP contribution in [0.1, 0.15) is 19.4 Å². The average molecular weight is 320 g/mol. The van der Waals surface area contributed by atoms with Crippen molar-refractivity contribution in [2.45, 2.75) is 26.1 Å². The average Bonchev–Trinajstić information content (AvgIpc) is 2.35. The molecule has 2 rings (SSSR count). The Kier molecular flexibility index (Phi) is 4.42. The maximum atomic E-state index is 12.7. The zero-order chi connectivity index (χ0) is 15.8. The molecular weight excluding hydrogens is 303 g/mol. The quantitative estimate of drug-likeness (QED) is 0.795. The summed E-state index contributed by atoms with van der Waals surface area (Å²) in [5.41, 5.74) is 1.22. The molecule has 0 bridgehead atoms. The van der Waals surface area contributed by atoms with Crippen LogP contribution in [0, 0.1) is 5.92 Å². The Bertz CT molecular complexity index is 555. The van der Waals surface area contributed by atoms with Crippen molar-refractivity contribution in [3.8, 4) is 5.75 Å². The summed E-state index contributed by atoms with van der Waals surface area (Å²) in [7, 11) is 1.85. The van der Waals surface area contributed by atoms with Gasteiger partial charge in [-0.3, -0.25) is 0 Å². The third-order valence-electron chi connectivity index (χ3n) is 3.16. The highest BCUT2D eigenvalue weighted by atomic mass is 35.5. The fourth-order valence-electron chi connectivity index (χ4n) is 2.27. The Morgan fingerprint density at radius 1 is 1.33 bits per heavy atom. The van der Waals surface area contributed by atoms with Crippen molar-refractivity contribution in [3.63, 3.8) is 0 Å². The largest absolute Gasteiger partial charge is 0.476 e. The molecule has 0 unspecified atom stereocenters. The van der Waals surface area contributed by atoms with E-state index < -0.39 is 12.3 Å². The smallest absolute Gasteiger partial charge is 0.429 e. The van der Waals surface area contributed by atoms with Crippen LogP contribution in [-0.4, -0.2) is 25.9 Å². The highest BCUT2D eigenvalue weighted by Gasteiger charge is 2.41. The first-order valence-electron chi connectivity index (χ1n) is 6.64. The van der Waals surface area contributed by atoms with Crippen molar-refractivity contribution in [3.05, 3.63) is 28.8 Å². The highest BCUT2D eigenvalue weighted by Crippen LogP contribution is 2.39. The van der Waals surface area contributed by atoms with Gasteiger partial charge >= 0.3 is 6.18 Å². The number of nitrogens with zero attached hydrogens (tertiary/aromatic N) is 1. The molecule has 0 radical (unpaired) electrons. The van der Waals surface area contributed by atoms with Gasteiger partial charge in [0.15, 0.2) is 0 Å². The molecule has 0 saturated heterocycles. The summed E-state index contributed by atoms with van der Waals surface area (Å²) in [5, 5.41) is 0.496. The predicted molar refractivity (Wildman–Crippen MR) is 79.1 cm³/mol. The third kappa shape index (κ3) is 3.64. The first-order valence-corrected chi connectivity index (χ1v) is 7.02. The molecule has 1 aromatic carbocycles. The van der Waals surface area contributed by atoms with Gasteiger partial charge in [0.25, 0.3) is 0 Å². The van der Waals surface area contributed by atoms with Gasteiger partial charge in [-0.25, -0.2) is 0 Å². The second kappa shape index (κ2) is 5.79. The van der Waals surface area contributed by atoms with E-state index in [1.54, 1.807) is 12.1 Å². The number of hydrogen-bond acceptors (Lipinski definition) is 2. The molecule has 0 N–H and O–H groups in total. The van der Waals surface area contributed by atoms with Crippen molar-refractivity contribution < 1.29 is 17.9 Å². The zero-order valence-corrected chi connectivity index (χ0v) is 12.8. The minimum absolute atomic E-state index is 0.204. The number of fused-ring (bicyclic) bond motifs is 1.